The van der Waals surface area contributed by atoms with Gasteiger partial charge in [-0.1, -0.05) is 45.9 Å². The molecule has 1 amide bonds. The van der Waals surface area contributed by atoms with Crippen LogP contribution in [-0.4, -0.2) is 94.7 Å². The van der Waals surface area contributed by atoms with Crippen molar-refractivity contribution >= 4 is 66.4 Å². The first-order valence-electron chi connectivity index (χ1n) is 18.6. The number of aliphatic hydroxyl groups is 1. The Morgan fingerprint density at radius 2 is 1.89 bits per heavy atom. The molecule has 2 fully saturated rings. The summed E-state index contributed by atoms with van der Waals surface area (Å²) in [6.07, 6.45) is 2.31. The molecule has 1 saturated heterocycles. The van der Waals surface area contributed by atoms with Crippen LogP contribution in [0.15, 0.2) is 60.0 Å². The number of aliphatic hydroxyl groups excluding tert-OH is 1. The number of hydrogen-bond donors (Lipinski definition) is 5. The molecular weight excluding hydrogens is 796 g/mol. The number of benzene rings is 1. The van der Waals surface area contributed by atoms with Crippen molar-refractivity contribution in [2.45, 2.75) is 64.7 Å². The van der Waals surface area contributed by atoms with Crippen LogP contribution in [-0.2, 0) is 34.7 Å². The van der Waals surface area contributed by atoms with Crippen LogP contribution >= 0.6 is 14.7 Å². The van der Waals surface area contributed by atoms with Gasteiger partial charge in [-0.15, -0.1) is 9.42 Å². The fourth-order valence-electron chi connectivity index (χ4n) is 7.64. The van der Waals surface area contributed by atoms with E-state index >= 15 is 0 Å². The fourth-order valence-corrected chi connectivity index (χ4v) is 9.96. The normalized spacial score (nSPS) is 26.3. The molecular formula is C36H46N9O9P2S+. The Morgan fingerprint density at radius 1 is 1.12 bits per heavy atom. The van der Waals surface area contributed by atoms with E-state index in [1.807, 2.05) is 50.6 Å². The topological polar surface area (TPSA) is 230 Å². The second-order valence-corrected chi connectivity index (χ2v) is 19.7. The third-order valence-corrected chi connectivity index (χ3v) is 12.8. The molecule has 0 spiro atoms. The van der Waals surface area contributed by atoms with Gasteiger partial charge in [0, 0.05) is 53.3 Å². The molecule has 1 aromatic carbocycles. The van der Waals surface area contributed by atoms with Crippen molar-refractivity contribution in [1.82, 2.24) is 34.1 Å². The molecule has 4 aromatic heterocycles. The molecule has 5 heterocycles. The van der Waals surface area contributed by atoms with Gasteiger partial charge in [0.1, 0.15) is 30.0 Å². The van der Waals surface area contributed by atoms with E-state index < -0.39 is 44.8 Å². The van der Waals surface area contributed by atoms with Crippen LogP contribution in [0.1, 0.15) is 56.7 Å². The Labute approximate surface area is 333 Å². The largest absolute Gasteiger partial charge is 0.695 e. The lowest BCUT2D eigenvalue weighted by atomic mass is 10.0. The van der Waals surface area contributed by atoms with Crippen LogP contribution in [0.4, 0.5) is 11.8 Å². The first-order valence-corrected chi connectivity index (χ1v) is 22.8. The van der Waals surface area contributed by atoms with Crippen molar-refractivity contribution in [2.24, 2.45) is 23.7 Å². The summed E-state index contributed by atoms with van der Waals surface area (Å²) in [5.74, 6) is -0.349. The smallest absolute Gasteiger partial charge is 0.394 e. The number of fused-ring (bicyclic) bond motifs is 2. The van der Waals surface area contributed by atoms with Gasteiger partial charge in [-0.2, -0.15) is 4.98 Å². The maximum atomic E-state index is 13.0. The molecule has 7 rings (SSSR count). The minimum Gasteiger partial charge on any atom is -0.394 e. The molecule has 1 aliphatic heterocycles. The Kier molecular flexibility index (Phi) is 12.3. The third kappa shape index (κ3) is 8.72. The van der Waals surface area contributed by atoms with E-state index in [-0.39, 0.29) is 60.0 Å². The highest BCUT2D eigenvalue weighted by molar-refractivity contribution is 8.09. The van der Waals surface area contributed by atoms with E-state index in [0.717, 1.165) is 0 Å². The van der Waals surface area contributed by atoms with E-state index in [0.29, 0.717) is 41.3 Å². The predicted octanol–water partition coefficient (Wildman–Crippen LogP) is 4.98. The van der Waals surface area contributed by atoms with Crippen LogP contribution in [0.3, 0.4) is 0 Å². The maximum absolute atomic E-state index is 13.0. The zero-order valence-electron chi connectivity index (χ0n) is 32.0. The van der Waals surface area contributed by atoms with Crippen LogP contribution in [0.2, 0.25) is 0 Å². The molecule has 18 nitrogen and oxygen atoms in total. The summed E-state index contributed by atoms with van der Waals surface area (Å²) in [5.41, 5.74) is 1.04. The lowest BCUT2D eigenvalue weighted by Gasteiger charge is -2.29. The number of carbonyl (C=O) groups excluding carboxylic acids is 1. The first-order chi connectivity index (χ1) is 27.2. The van der Waals surface area contributed by atoms with Gasteiger partial charge in [0.2, 0.25) is 5.95 Å². The number of rotatable bonds is 15. The summed E-state index contributed by atoms with van der Waals surface area (Å²) in [4.78, 5) is 56.3. The summed E-state index contributed by atoms with van der Waals surface area (Å²) in [7, 11) is -2.95. The van der Waals surface area contributed by atoms with Crippen molar-refractivity contribution in [3.8, 4) is 0 Å². The van der Waals surface area contributed by atoms with Crippen LogP contribution in [0.5, 0.6) is 0 Å². The number of imidazole rings is 1. The Morgan fingerprint density at radius 3 is 2.61 bits per heavy atom. The summed E-state index contributed by atoms with van der Waals surface area (Å²) in [5, 5.41) is 16.9. The lowest BCUT2D eigenvalue weighted by molar-refractivity contribution is -0.0454. The first kappa shape index (κ1) is 41.1. The molecule has 57 heavy (non-hydrogen) atoms. The molecule has 304 valence electrons. The number of nitrogens with one attached hydrogen (secondary N) is 3. The zero-order valence-corrected chi connectivity index (χ0v) is 34.6. The number of anilines is 2. The summed E-state index contributed by atoms with van der Waals surface area (Å²) in [6.45, 7) is 6.86. The quantitative estimate of drug-likeness (QED) is 0.0876. The van der Waals surface area contributed by atoms with Crippen molar-refractivity contribution in [3.63, 3.8) is 0 Å². The number of ether oxygens (including phenoxy) is 1. The molecule has 5 aromatic rings. The molecule has 1 aliphatic carbocycles. The standard InChI is InChI=1S/C36H45N9O9P2S/c1-19(2)14-37-36-42-32-27(34(48)43-36)40-18-45(32)35-29(21(4)26(15-46)52-35)54-56(5,57)51-16-23-13-25(20(3)28(23)53-55(49)50)44-12-11-24-30(38-17-39-31(24)44)41-33(47)22-9-7-6-8-10-22/h6-12,17-21,23,25-26,28-29,35,46H,13-16H2,1-5H3,(H3-,37,38,39,41,42,43,47,48,49,50)/p+1/t20-,21+,23+,25+,26+,28-,29+,35+,56?/m0/s1. The van der Waals surface area contributed by atoms with Gasteiger partial charge in [-0.3, -0.25) is 19.1 Å². The molecule has 5 N–H and O–H groups in total. The number of hydrogen-bond acceptors (Lipinski definition) is 14. The van der Waals surface area contributed by atoms with Gasteiger partial charge >= 0.3 is 8.25 Å². The van der Waals surface area contributed by atoms with Gasteiger partial charge in [-0.05, 0) is 42.3 Å². The van der Waals surface area contributed by atoms with Gasteiger partial charge in [0.05, 0.1) is 31.0 Å². The molecule has 0 radical (unpaired) electrons. The van der Waals surface area contributed by atoms with Crippen LogP contribution in [0.25, 0.3) is 22.2 Å². The molecule has 0 bridgehead atoms. The fraction of sp³-hybridized carbons (Fsp3) is 0.500. The molecule has 2 aliphatic rings. The van der Waals surface area contributed by atoms with Crippen LogP contribution in [0, 0.1) is 23.7 Å². The molecule has 10 atom stereocenters. The average molecular weight is 843 g/mol. The second-order valence-electron chi connectivity index (χ2n) is 15.0. The van der Waals surface area contributed by atoms with E-state index in [9.17, 15) is 24.2 Å². The highest BCUT2D eigenvalue weighted by Crippen LogP contribution is 2.54. The monoisotopic (exact) mass is 842 g/mol. The minimum atomic E-state index is -3.08. The SMILES string of the molecule is CC(C)CNc1nc2c(ncn2[C@@H]2O[C@H](CO)[C@@H](C)[C@H]2OP(C)(=S)OC[C@H]2C[C@@H](n3ccc4c(NC(=O)c5ccccc5)ncnc43)[C@H](C)[C@@H]2O[P+](=O)O)c(=O)[nH]1. The van der Waals surface area contributed by atoms with E-state index in [1.165, 1.54) is 12.7 Å². The summed E-state index contributed by atoms with van der Waals surface area (Å²) >= 11 is 5.97. The van der Waals surface area contributed by atoms with Crippen molar-refractivity contribution in [2.75, 3.05) is 37.1 Å². The van der Waals surface area contributed by atoms with E-state index in [4.69, 9.17) is 30.1 Å². The number of H-pyrrole nitrogens is 1. The zero-order chi connectivity index (χ0) is 40.6. The number of aromatic nitrogens is 7. The Bertz CT molecular complexity index is 2360. The minimum absolute atomic E-state index is 0.0564. The van der Waals surface area contributed by atoms with Crippen molar-refractivity contribution in [3.05, 3.63) is 71.2 Å². The molecule has 21 heteroatoms. The van der Waals surface area contributed by atoms with Crippen LogP contribution < -0.4 is 16.2 Å². The van der Waals surface area contributed by atoms with E-state index in [1.54, 1.807) is 35.5 Å². The van der Waals surface area contributed by atoms with E-state index in [2.05, 4.69) is 35.6 Å². The van der Waals surface area contributed by atoms with Gasteiger partial charge in [0.15, 0.2) is 23.9 Å². The summed E-state index contributed by atoms with van der Waals surface area (Å²) < 4.78 is 40.6. The molecule has 2 unspecified atom stereocenters. The summed E-state index contributed by atoms with van der Waals surface area (Å²) in [6, 6.07) is 10.4. The highest BCUT2D eigenvalue weighted by Gasteiger charge is 2.49. The Hall–Kier alpha value is -4.03. The predicted molar refractivity (Wildman–Crippen MR) is 216 cm³/mol. The number of carbonyl (C=O) groups is 1. The highest BCUT2D eigenvalue weighted by atomic mass is 32.5. The number of amides is 1. The van der Waals surface area contributed by atoms with Gasteiger partial charge in [0.25, 0.3) is 11.5 Å². The third-order valence-electron chi connectivity index (χ3n) is 10.6. The van der Waals surface area contributed by atoms with Crippen molar-refractivity contribution < 1.29 is 37.7 Å². The number of aromatic amines is 1. The average Bonchev–Trinajstić information content (AvgIpc) is 3.95. The van der Waals surface area contributed by atoms with Gasteiger partial charge < -0.3 is 34.1 Å². The van der Waals surface area contributed by atoms with Gasteiger partial charge in [-0.25, -0.2) is 15.0 Å². The van der Waals surface area contributed by atoms with Crippen molar-refractivity contribution in [1.29, 1.82) is 0 Å². The Balaban J connectivity index is 1.09. The lowest BCUT2D eigenvalue weighted by Crippen LogP contribution is -2.29. The molecule has 1 saturated carbocycles. The second kappa shape index (κ2) is 17.1. The number of nitrogens with zero attached hydrogens (tertiary/aromatic N) is 6. The maximum Gasteiger partial charge on any atom is 0.695 e.